The first-order valence-electron chi connectivity index (χ1n) is 5.27. The molecule has 2 atom stereocenters. The highest BCUT2D eigenvalue weighted by Gasteiger charge is 2.41. The van der Waals surface area contributed by atoms with E-state index in [1.54, 1.807) is 0 Å². The van der Waals surface area contributed by atoms with Crippen LogP contribution in [-0.4, -0.2) is 41.1 Å². The molecule has 2 aliphatic heterocycles. The summed E-state index contributed by atoms with van der Waals surface area (Å²) >= 11 is 4.67. The van der Waals surface area contributed by atoms with Crippen molar-refractivity contribution in [2.75, 3.05) is 13.2 Å². The number of rotatable bonds is 1. The lowest BCUT2D eigenvalue weighted by Gasteiger charge is -2.33. The first-order chi connectivity index (χ1) is 7.75. The van der Waals surface area contributed by atoms with E-state index in [9.17, 15) is 4.79 Å². The van der Waals surface area contributed by atoms with E-state index in [0.717, 1.165) is 17.4 Å². The van der Waals surface area contributed by atoms with E-state index in [-0.39, 0.29) is 18.0 Å². The van der Waals surface area contributed by atoms with Gasteiger partial charge in [-0.15, -0.1) is 11.3 Å². The Kier molecular flexibility index (Phi) is 2.73. The van der Waals surface area contributed by atoms with Crippen LogP contribution in [-0.2, 0) is 4.74 Å². The molecule has 3 rings (SSSR count). The fourth-order valence-electron chi connectivity index (χ4n) is 2.42. The molecule has 6 heteroatoms. The highest BCUT2D eigenvalue weighted by molar-refractivity contribution is 9.10. The van der Waals surface area contributed by atoms with E-state index in [1.807, 2.05) is 10.3 Å². The van der Waals surface area contributed by atoms with E-state index in [0.29, 0.717) is 18.2 Å². The third kappa shape index (κ3) is 1.69. The molecular weight excluding hydrogens is 292 g/mol. The minimum Gasteiger partial charge on any atom is -0.377 e. The fourth-order valence-corrected chi connectivity index (χ4v) is 3.62. The molecule has 0 aliphatic carbocycles. The Balaban J connectivity index is 1.85. The normalized spacial score (nSPS) is 28.4. The van der Waals surface area contributed by atoms with E-state index in [1.165, 1.54) is 11.3 Å². The zero-order valence-corrected chi connectivity index (χ0v) is 11.0. The van der Waals surface area contributed by atoms with Gasteiger partial charge in [0.15, 0.2) is 5.01 Å². The molecule has 4 nitrogen and oxygen atoms in total. The van der Waals surface area contributed by atoms with Gasteiger partial charge in [-0.3, -0.25) is 4.79 Å². The van der Waals surface area contributed by atoms with Crippen LogP contribution in [0.5, 0.6) is 0 Å². The summed E-state index contributed by atoms with van der Waals surface area (Å²) in [6, 6.07) is 0.517. The van der Waals surface area contributed by atoms with Crippen LogP contribution in [0.3, 0.4) is 0 Å². The number of amides is 1. The van der Waals surface area contributed by atoms with E-state index < -0.39 is 0 Å². The van der Waals surface area contributed by atoms with Crippen molar-refractivity contribution >= 4 is 33.2 Å². The zero-order valence-electron chi connectivity index (χ0n) is 8.56. The Morgan fingerprint density at radius 1 is 1.50 bits per heavy atom. The van der Waals surface area contributed by atoms with Crippen molar-refractivity contribution < 1.29 is 9.53 Å². The van der Waals surface area contributed by atoms with Crippen LogP contribution in [0.4, 0.5) is 0 Å². The Morgan fingerprint density at radius 3 is 2.75 bits per heavy atom. The number of fused-ring (bicyclic) bond motifs is 2. The van der Waals surface area contributed by atoms with Gasteiger partial charge in [-0.1, -0.05) is 0 Å². The smallest absolute Gasteiger partial charge is 0.283 e. The molecule has 0 aromatic carbocycles. The van der Waals surface area contributed by atoms with Crippen molar-refractivity contribution in [3.8, 4) is 0 Å². The standard InChI is InChI=1S/C10H11BrN2O2S/c11-8-5-16-9(12-8)10(14)13-6-1-2-7(13)4-15-3-6/h5-7H,1-4H2. The number of carbonyl (C=O) groups is 1. The predicted molar refractivity (Wildman–Crippen MR) is 63.6 cm³/mol. The van der Waals surface area contributed by atoms with Crippen LogP contribution in [0, 0.1) is 0 Å². The summed E-state index contributed by atoms with van der Waals surface area (Å²) in [7, 11) is 0. The second kappa shape index (κ2) is 4.09. The molecule has 1 aromatic heterocycles. The van der Waals surface area contributed by atoms with Gasteiger partial charge in [-0.2, -0.15) is 0 Å². The van der Waals surface area contributed by atoms with Crippen LogP contribution in [0.1, 0.15) is 22.6 Å². The van der Waals surface area contributed by atoms with Crippen molar-refractivity contribution in [1.29, 1.82) is 0 Å². The number of morpholine rings is 1. The highest BCUT2D eigenvalue weighted by atomic mass is 79.9. The van der Waals surface area contributed by atoms with Crippen LogP contribution in [0.25, 0.3) is 0 Å². The van der Waals surface area contributed by atoms with Gasteiger partial charge in [-0.25, -0.2) is 4.98 Å². The highest BCUT2D eigenvalue weighted by Crippen LogP contribution is 2.31. The first-order valence-corrected chi connectivity index (χ1v) is 6.94. The SMILES string of the molecule is O=C(c1nc(Br)cs1)N1C2CCC1COC2. The molecule has 1 amide bonds. The zero-order chi connectivity index (χ0) is 11.1. The molecule has 1 aromatic rings. The quantitative estimate of drug-likeness (QED) is 0.796. The van der Waals surface area contributed by atoms with Crippen molar-refractivity contribution in [2.45, 2.75) is 24.9 Å². The molecule has 0 radical (unpaired) electrons. The summed E-state index contributed by atoms with van der Waals surface area (Å²) in [5.41, 5.74) is 0. The third-order valence-corrected chi connectivity index (χ3v) is 4.67. The molecule has 16 heavy (non-hydrogen) atoms. The second-order valence-electron chi connectivity index (χ2n) is 4.11. The maximum Gasteiger partial charge on any atom is 0.283 e. The van der Waals surface area contributed by atoms with Gasteiger partial charge < -0.3 is 9.64 Å². The fraction of sp³-hybridized carbons (Fsp3) is 0.600. The number of hydrogen-bond acceptors (Lipinski definition) is 4. The number of aromatic nitrogens is 1. The predicted octanol–water partition coefficient (Wildman–Crippen LogP) is 1.91. The number of thiazole rings is 1. The lowest BCUT2D eigenvalue weighted by Crippen LogP contribution is -2.49. The van der Waals surface area contributed by atoms with Crippen molar-refractivity contribution in [3.63, 3.8) is 0 Å². The van der Waals surface area contributed by atoms with E-state index >= 15 is 0 Å². The van der Waals surface area contributed by atoms with Gasteiger partial charge >= 0.3 is 0 Å². The molecule has 0 saturated carbocycles. The van der Waals surface area contributed by atoms with Crippen LogP contribution in [0.2, 0.25) is 0 Å². The monoisotopic (exact) mass is 302 g/mol. The molecular formula is C10H11BrN2O2S. The summed E-state index contributed by atoms with van der Waals surface area (Å²) in [5, 5.41) is 2.42. The lowest BCUT2D eigenvalue weighted by molar-refractivity contribution is -0.00717. The molecule has 0 spiro atoms. The van der Waals surface area contributed by atoms with Crippen LogP contribution >= 0.6 is 27.3 Å². The summed E-state index contributed by atoms with van der Waals surface area (Å²) < 4.78 is 6.20. The molecule has 2 unspecified atom stereocenters. The van der Waals surface area contributed by atoms with Crippen molar-refractivity contribution in [3.05, 3.63) is 15.0 Å². The van der Waals surface area contributed by atoms with Crippen LogP contribution < -0.4 is 0 Å². The Labute approximate surface area is 106 Å². The Hall–Kier alpha value is -0.460. The second-order valence-corrected chi connectivity index (χ2v) is 5.78. The summed E-state index contributed by atoms with van der Waals surface area (Å²) in [4.78, 5) is 18.4. The maximum atomic E-state index is 12.3. The summed E-state index contributed by atoms with van der Waals surface area (Å²) in [6.07, 6.45) is 2.12. The number of hydrogen-bond donors (Lipinski definition) is 0. The molecule has 2 bridgehead atoms. The van der Waals surface area contributed by atoms with Gasteiger partial charge in [0, 0.05) is 5.38 Å². The average molecular weight is 303 g/mol. The minimum atomic E-state index is 0.0616. The van der Waals surface area contributed by atoms with Gasteiger partial charge in [0.1, 0.15) is 4.60 Å². The molecule has 3 heterocycles. The number of nitrogens with zero attached hydrogens (tertiary/aromatic N) is 2. The Morgan fingerprint density at radius 2 is 2.19 bits per heavy atom. The van der Waals surface area contributed by atoms with E-state index in [2.05, 4.69) is 20.9 Å². The molecule has 2 aliphatic rings. The van der Waals surface area contributed by atoms with Crippen molar-refractivity contribution in [2.24, 2.45) is 0 Å². The Bertz CT molecular complexity index is 407. The van der Waals surface area contributed by atoms with Gasteiger partial charge in [0.2, 0.25) is 0 Å². The lowest BCUT2D eigenvalue weighted by atomic mass is 10.2. The minimum absolute atomic E-state index is 0.0616. The molecule has 0 N–H and O–H groups in total. The third-order valence-electron chi connectivity index (χ3n) is 3.13. The number of halogens is 1. The number of carbonyl (C=O) groups excluding carboxylic acids is 1. The topological polar surface area (TPSA) is 42.4 Å². The van der Waals surface area contributed by atoms with Gasteiger partial charge in [-0.05, 0) is 28.8 Å². The average Bonchev–Trinajstić information content (AvgIpc) is 2.80. The van der Waals surface area contributed by atoms with Gasteiger partial charge in [0.05, 0.1) is 25.3 Å². The molecule has 86 valence electrons. The van der Waals surface area contributed by atoms with E-state index in [4.69, 9.17) is 4.74 Å². The maximum absolute atomic E-state index is 12.3. The van der Waals surface area contributed by atoms with Gasteiger partial charge in [0.25, 0.3) is 5.91 Å². The van der Waals surface area contributed by atoms with Crippen molar-refractivity contribution in [1.82, 2.24) is 9.88 Å². The molecule has 2 saturated heterocycles. The summed E-state index contributed by atoms with van der Waals surface area (Å²) in [5.74, 6) is 0.0616. The van der Waals surface area contributed by atoms with Crippen LogP contribution in [0.15, 0.2) is 9.98 Å². The number of ether oxygens (including phenoxy) is 1. The first kappa shape index (κ1) is 10.7. The molecule has 2 fully saturated rings. The largest absolute Gasteiger partial charge is 0.377 e. The summed E-state index contributed by atoms with van der Waals surface area (Å²) in [6.45, 7) is 1.35.